The summed E-state index contributed by atoms with van der Waals surface area (Å²) in [5, 5.41) is 10.4. The first-order valence-electron chi connectivity index (χ1n) is 4.09. The lowest BCUT2D eigenvalue weighted by molar-refractivity contribution is -0.121. The molecule has 2 rings (SSSR count). The van der Waals surface area contributed by atoms with Crippen LogP contribution in [0, 0.1) is 11.5 Å². The van der Waals surface area contributed by atoms with Crippen molar-refractivity contribution in [3.05, 3.63) is 35.4 Å². The van der Waals surface area contributed by atoms with E-state index in [1.165, 1.54) is 5.56 Å². The minimum absolute atomic E-state index is 0.115. The SMILES string of the molecule is N#CNC(=O)C1Cc2ccccc21. The maximum absolute atomic E-state index is 11.3. The summed E-state index contributed by atoms with van der Waals surface area (Å²) < 4.78 is 0. The zero-order valence-electron chi connectivity index (χ0n) is 6.95. The average Bonchev–Trinajstić information content (AvgIpc) is 2.07. The molecule has 0 heterocycles. The Balaban J connectivity index is 2.18. The topological polar surface area (TPSA) is 52.9 Å². The van der Waals surface area contributed by atoms with Crippen LogP contribution in [0.3, 0.4) is 0 Å². The van der Waals surface area contributed by atoms with Gasteiger partial charge in [0.2, 0.25) is 5.91 Å². The molecule has 3 heteroatoms. The van der Waals surface area contributed by atoms with Crippen LogP contribution in [0.4, 0.5) is 0 Å². The Kier molecular flexibility index (Phi) is 1.75. The highest BCUT2D eigenvalue weighted by Gasteiger charge is 2.31. The van der Waals surface area contributed by atoms with Crippen LogP contribution in [0.1, 0.15) is 17.0 Å². The molecule has 1 N–H and O–H groups in total. The molecule has 0 spiro atoms. The summed E-state index contributed by atoms with van der Waals surface area (Å²) in [4.78, 5) is 11.3. The highest BCUT2D eigenvalue weighted by Crippen LogP contribution is 2.34. The Morgan fingerprint density at radius 2 is 2.31 bits per heavy atom. The second-order valence-electron chi connectivity index (χ2n) is 3.06. The van der Waals surface area contributed by atoms with E-state index in [4.69, 9.17) is 5.26 Å². The Morgan fingerprint density at radius 3 is 3.00 bits per heavy atom. The Hall–Kier alpha value is -1.82. The van der Waals surface area contributed by atoms with Crippen molar-refractivity contribution in [2.45, 2.75) is 12.3 Å². The van der Waals surface area contributed by atoms with Crippen molar-refractivity contribution in [1.29, 1.82) is 5.26 Å². The number of nitrogens with zero attached hydrogens (tertiary/aromatic N) is 1. The van der Waals surface area contributed by atoms with Gasteiger partial charge in [0, 0.05) is 0 Å². The molecule has 3 nitrogen and oxygen atoms in total. The summed E-state index contributed by atoms with van der Waals surface area (Å²) in [5.41, 5.74) is 2.26. The normalized spacial score (nSPS) is 17.9. The van der Waals surface area contributed by atoms with Crippen LogP contribution < -0.4 is 5.32 Å². The Labute approximate surface area is 76.0 Å². The van der Waals surface area contributed by atoms with Gasteiger partial charge in [-0.05, 0) is 17.5 Å². The summed E-state index contributed by atoms with van der Waals surface area (Å²) in [7, 11) is 0. The van der Waals surface area contributed by atoms with Gasteiger partial charge in [0.05, 0.1) is 5.92 Å². The fourth-order valence-electron chi connectivity index (χ4n) is 1.63. The van der Waals surface area contributed by atoms with E-state index in [9.17, 15) is 4.79 Å². The highest BCUT2D eigenvalue weighted by atomic mass is 16.1. The number of amides is 1. The largest absolute Gasteiger partial charge is 0.273 e. The van der Waals surface area contributed by atoms with E-state index >= 15 is 0 Å². The second kappa shape index (κ2) is 2.91. The third-order valence-corrected chi connectivity index (χ3v) is 2.35. The lowest BCUT2D eigenvalue weighted by Crippen LogP contribution is -2.32. The van der Waals surface area contributed by atoms with E-state index in [-0.39, 0.29) is 11.8 Å². The molecule has 64 valence electrons. The van der Waals surface area contributed by atoms with Gasteiger partial charge in [-0.25, -0.2) is 0 Å². The summed E-state index contributed by atoms with van der Waals surface area (Å²) in [6.07, 6.45) is 2.40. The number of nitriles is 1. The first-order valence-corrected chi connectivity index (χ1v) is 4.09. The van der Waals surface area contributed by atoms with Gasteiger partial charge in [-0.15, -0.1) is 0 Å². The van der Waals surface area contributed by atoms with Crippen molar-refractivity contribution in [2.24, 2.45) is 0 Å². The number of fused-ring (bicyclic) bond motifs is 1. The van der Waals surface area contributed by atoms with E-state index in [1.54, 1.807) is 6.19 Å². The van der Waals surface area contributed by atoms with Gasteiger partial charge < -0.3 is 0 Å². The summed E-state index contributed by atoms with van der Waals surface area (Å²) in [6, 6.07) is 7.80. The van der Waals surface area contributed by atoms with Crippen LogP contribution in [-0.2, 0) is 11.2 Å². The van der Waals surface area contributed by atoms with E-state index < -0.39 is 0 Å². The van der Waals surface area contributed by atoms with Crippen molar-refractivity contribution >= 4 is 5.91 Å². The number of rotatable bonds is 1. The van der Waals surface area contributed by atoms with E-state index in [1.807, 2.05) is 24.3 Å². The van der Waals surface area contributed by atoms with Gasteiger partial charge in [0.15, 0.2) is 6.19 Å². The monoisotopic (exact) mass is 172 g/mol. The maximum atomic E-state index is 11.3. The molecule has 0 radical (unpaired) electrons. The highest BCUT2D eigenvalue weighted by molar-refractivity contribution is 5.87. The van der Waals surface area contributed by atoms with Crippen molar-refractivity contribution < 1.29 is 4.79 Å². The van der Waals surface area contributed by atoms with Gasteiger partial charge in [-0.2, -0.15) is 5.26 Å². The van der Waals surface area contributed by atoms with E-state index in [0.717, 1.165) is 12.0 Å². The third kappa shape index (κ3) is 1.17. The molecule has 0 bridgehead atoms. The molecule has 0 aromatic heterocycles. The predicted molar refractivity (Wildman–Crippen MR) is 46.6 cm³/mol. The van der Waals surface area contributed by atoms with Crippen molar-refractivity contribution in [1.82, 2.24) is 5.32 Å². The zero-order valence-corrected chi connectivity index (χ0v) is 6.95. The lowest BCUT2D eigenvalue weighted by Gasteiger charge is -2.27. The first-order chi connectivity index (χ1) is 6.33. The molecule has 13 heavy (non-hydrogen) atoms. The van der Waals surface area contributed by atoms with E-state index in [0.29, 0.717) is 0 Å². The summed E-state index contributed by atoms with van der Waals surface area (Å²) in [5.74, 6) is -0.308. The van der Waals surface area contributed by atoms with Crippen LogP contribution in [0.5, 0.6) is 0 Å². The molecule has 0 fully saturated rings. The number of carbonyl (C=O) groups excluding carboxylic acids is 1. The molecular formula is C10H8N2O. The summed E-state index contributed by atoms with van der Waals surface area (Å²) in [6.45, 7) is 0. The molecule has 1 aromatic carbocycles. The molecule has 1 amide bonds. The Morgan fingerprint density at radius 1 is 1.54 bits per heavy atom. The van der Waals surface area contributed by atoms with Crippen molar-refractivity contribution in [2.75, 3.05) is 0 Å². The summed E-state index contributed by atoms with van der Waals surface area (Å²) >= 11 is 0. The van der Waals surface area contributed by atoms with Crippen LogP contribution >= 0.6 is 0 Å². The van der Waals surface area contributed by atoms with Crippen LogP contribution in [0.15, 0.2) is 24.3 Å². The molecule has 0 saturated heterocycles. The predicted octanol–water partition coefficient (Wildman–Crippen LogP) is 0.924. The van der Waals surface area contributed by atoms with Crippen molar-refractivity contribution in [3.8, 4) is 6.19 Å². The van der Waals surface area contributed by atoms with Gasteiger partial charge in [0.1, 0.15) is 0 Å². The van der Waals surface area contributed by atoms with Gasteiger partial charge in [-0.1, -0.05) is 24.3 Å². The fraction of sp³-hybridized carbons (Fsp3) is 0.200. The average molecular weight is 172 g/mol. The zero-order chi connectivity index (χ0) is 9.26. The molecule has 0 aliphatic heterocycles. The number of hydrogen-bond donors (Lipinski definition) is 1. The Bertz CT molecular complexity index is 392. The lowest BCUT2D eigenvalue weighted by atomic mass is 9.77. The minimum atomic E-state index is -0.193. The van der Waals surface area contributed by atoms with E-state index in [2.05, 4.69) is 5.32 Å². The quantitative estimate of drug-likeness (QED) is 0.506. The maximum Gasteiger partial charge on any atom is 0.240 e. The second-order valence-corrected chi connectivity index (χ2v) is 3.06. The first kappa shape index (κ1) is 7.81. The molecule has 1 aromatic rings. The molecular weight excluding hydrogens is 164 g/mol. The van der Waals surface area contributed by atoms with Crippen LogP contribution in [0.25, 0.3) is 0 Å². The number of hydrogen-bond acceptors (Lipinski definition) is 2. The molecule has 1 aliphatic rings. The standard InChI is InChI=1S/C10H8N2O/c11-6-12-10(13)9-5-7-3-1-2-4-8(7)9/h1-4,9H,5H2,(H,12,13). The molecule has 1 unspecified atom stereocenters. The van der Waals surface area contributed by atoms with Crippen LogP contribution in [-0.4, -0.2) is 5.91 Å². The number of benzene rings is 1. The van der Waals surface area contributed by atoms with Crippen molar-refractivity contribution in [3.63, 3.8) is 0 Å². The van der Waals surface area contributed by atoms with Crippen LogP contribution in [0.2, 0.25) is 0 Å². The van der Waals surface area contributed by atoms with Gasteiger partial charge in [-0.3, -0.25) is 10.1 Å². The number of carbonyl (C=O) groups is 1. The minimum Gasteiger partial charge on any atom is -0.273 e. The molecule has 0 saturated carbocycles. The third-order valence-electron chi connectivity index (χ3n) is 2.35. The fourth-order valence-corrected chi connectivity index (χ4v) is 1.63. The van der Waals surface area contributed by atoms with Gasteiger partial charge >= 0.3 is 0 Å². The smallest absolute Gasteiger partial charge is 0.240 e. The molecule has 1 aliphatic carbocycles. The number of nitrogens with one attached hydrogen (secondary N) is 1. The molecule has 1 atom stereocenters. The van der Waals surface area contributed by atoms with Gasteiger partial charge in [0.25, 0.3) is 0 Å².